The first-order valence-corrected chi connectivity index (χ1v) is 11.5. The fraction of sp³-hybridized carbons (Fsp3) is 0.318. The summed E-state index contributed by atoms with van der Waals surface area (Å²) in [6.45, 7) is 8.22. The lowest BCUT2D eigenvalue weighted by Gasteiger charge is -2.15. The van der Waals surface area contributed by atoms with Crippen LogP contribution in [-0.4, -0.2) is 27.3 Å². The Morgan fingerprint density at radius 2 is 2.03 bits per heavy atom. The molecule has 0 saturated carbocycles. The number of hydrogen-bond acceptors (Lipinski definition) is 5. The smallest absolute Gasteiger partial charge is 0.272 e. The Hall–Kier alpha value is -2.38. The molecular formula is C22H25N3O2S2. The molecule has 29 heavy (non-hydrogen) atoms. The van der Waals surface area contributed by atoms with E-state index in [0.717, 1.165) is 23.3 Å². The van der Waals surface area contributed by atoms with E-state index in [2.05, 4.69) is 25.7 Å². The number of benzene rings is 1. The highest BCUT2D eigenvalue weighted by Gasteiger charge is 2.16. The van der Waals surface area contributed by atoms with Crippen molar-refractivity contribution in [3.05, 3.63) is 59.4 Å². The molecule has 152 valence electrons. The highest BCUT2D eigenvalue weighted by molar-refractivity contribution is 7.99. The van der Waals surface area contributed by atoms with Crippen LogP contribution in [0.5, 0.6) is 0 Å². The minimum absolute atomic E-state index is 0.0431. The zero-order chi connectivity index (χ0) is 20.8. The van der Waals surface area contributed by atoms with E-state index in [9.17, 15) is 9.59 Å². The number of carbonyl (C=O) groups excluding carboxylic acids is 1. The van der Waals surface area contributed by atoms with Crippen LogP contribution in [0.1, 0.15) is 26.7 Å². The van der Waals surface area contributed by atoms with Crippen LogP contribution in [-0.2, 0) is 11.3 Å². The lowest BCUT2D eigenvalue weighted by molar-refractivity contribution is -0.119. The first-order chi connectivity index (χ1) is 14.1. The van der Waals surface area contributed by atoms with Crippen LogP contribution >= 0.6 is 23.1 Å². The molecule has 1 amide bonds. The summed E-state index contributed by atoms with van der Waals surface area (Å²) in [5, 5.41) is 3.56. The number of amides is 1. The number of rotatable bonds is 9. The van der Waals surface area contributed by atoms with Crippen molar-refractivity contribution in [1.29, 1.82) is 0 Å². The van der Waals surface area contributed by atoms with E-state index in [-0.39, 0.29) is 23.3 Å². The quantitative estimate of drug-likeness (QED) is 0.305. The molecule has 0 spiro atoms. The van der Waals surface area contributed by atoms with Crippen LogP contribution in [0.3, 0.4) is 0 Å². The Morgan fingerprint density at radius 3 is 2.69 bits per heavy atom. The maximum Gasteiger partial charge on any atom is 0.272 e. The van der Waals surface area contributed by atoms with Gasteiger partial charge in [0.05, 0.1) is 11.3 Å². The highest BCUT2D eigenvalue weighted by atomic mass is 32.2. The Kier molecular flexibility index (Phi) is 7.28. The molecule has 3 rings (SSSR count). The average Bonchev–Trinajstić information content (AvgIpc) is 3.18. The second-order valence-corrected chi connectivity index (χ2v) is 8.65. The molecule has 0 saturated heterocycles. The summed E-state index contributed by atoms with van der Waals surface area (Å²) >= 11 is 2.73. The summed E-state index contributed by atoms with van der Waals surface area (Å²) in [7, 11) is 0. The summed E-state index contributed by atoms with van der Waals surface area (Å²) in [5.74, 6) is 0.180. The minimum Gasteiger partial charge on any atom is -0.353 e. The summed E-state index contributed by atoms with van der Waals surface area (Å²) < 4.78 is 2.21. The van der Waals surface area contributed by atoms with Crippen molar-refractivity contribution in [2.45, 2.75) is 44.4 Å². The molecule has 1 aromatic carbocycles. The lowest BCUT2D eigenvalue weighted by atomic mass is 10.2. The van der Waals surface area contributed by atoms with Gasteiger partial charge in [0.2, 0.25) is 5.91 Å². The van der Waals surface area contributed by atoms with Gasteiger partial charge in [0.25, 0.3) is 5.56 Å². The Labute approximate surface area is 178 Å². The van der Waals surface area contributed by atoms with Crippen molar-refractivity contribution in [2.75, 3.05) is 5.75 Å². The molecule has 1 N–H and O–H groups in total. The van der Waals surface area contributed by atoms with E-state index in [4.69, 9.17) is 4.98 Å². The van der Waals surface area contributed by atoms with Gasteiger partial charge in [-0.05, 0) is 24.5 Å². The highest BCUT2D eigenvalue weighted by Crippen LogP contribution is 2.31. The molecule has 0 fully saturated rings. The zero-order valence-corrected chi connectivity index (χ0v) is 18.3. The molecule has 3 aromatic rings. The third-order valence-electron chi connectivity index (χ3n) is 4.65. The maximum absolute atomic E-state index is 13.1. The molecule has 0 aliphatic rings. The third-order valence-corrected chi connectivity index (χ3v) is 6.79. The summed E-state index contributed by atoms with van der Waals surface area (Å²) in [6, 6.07) is 12.1. The molecule has 0 aliphatic heterocycles. The molecule has 5 nitrogen and oxygen atoms in total. The minimum atomic E-state index is -0.0926. The van der Waals surface area contributed by atoms with E-state index in [1.165, 1.54) is 23.1 Å². The molecule has 0 atom stereocenters. The van der Waals surface area contributed by atoms with Crippen LogP contribution in [0.25, 0.3) is 20.7 Å². The van der Waals surface area contributed by atoms with Gasteiger partial charge in [-0.2, -0.15) is 0 Å². The lowest BCUT2D eigenvalue weighted by Crippen LogP contribution is -2.35. The van der Waals surface area contributed by atoms with Crippen molar-refractivity contribution in [2.24, 2.45) is 0 Å². The molecule has 0 bridgehead atoms. The topological polar surface area (TPSA) is 64.0 Å². The number of nitrogens with one attached hydrogen (secondary N) is 1. The van der Waals surface area contributed by atoms with Crippen LogP contribution < -0.4 is 10.9 Å². The second kappa shape index (κ2) is 9.89. The van der Waals surface area contributed by atoms with Crippen molar-refractivity contribution >= 4 is 39.2 Å². The van der Waals surface area contributed by atoms with Crippen LogP contribution in [0.15, 0.2) is 59.0 Å². The molecule has 0 unspecified atom stereocenters. The number of thioether (sulfide) groups is 1. The first-order valence-electron chi connectivity index (χ1n) is 9.70. The standard InChI is InChI=1S/C22H25N3O2S2/c1-4-12-25-21(27)20-17(13-18(29-20)15-10-8-7-9-11-15)24-22(25)28-14-19(26)23-16(5-2)6-3/h4,7-11,13,16H,1,5-6,12,14H2,2-3H3,(H,23,26). The van der Waals surface area contributed by atoms with Gasteiger partial charge in [-0.15, -0.1) is 17.9 Å². The second-order valence-electron chi connectivity index (χ2n) is 6.66. The number of nitrogens with zero attached hydrogens (tertiary/aromatic N) is 2. The van der Waals surface area contributed by atoms with Gasteiger partial charge in [-0.25, -0.2) is 4.98 Å². The zero-order valence-electron chi connectivity index (χ0n) is 16.7. The summed E-state index contributed by atoms with van der Waals surface area (Å²) in [4.78, 5) is 31.1. The first kappa shape index (κ1) is 21.3. The third kappa shape index (κ3) is 4.97. The molecule has 0 aliphatic carbocycles. The molecule has 2 heterocycles. The van der Waals surface area contributed by atoms with Gasteiger partial charge in [0, 0.05) is 17.5 Å². The van der Waals surface area contributed by atoms with Crippen LogP contribution in [0, 0.1) is 0 Å². The van der Waals surface area contributed by atoms with Gasteiger partial charge in [-0.3, -0.25) is 14.2 Å². The van der Waals surface area contributed by atoms with Gasteiger partial charge < -0.3 is 5.32 Å². The maximum atomic E-state index is 13.1. The van der Waals surface area contributed by atoms with Crippen molar-refractivity contribution in [3.8, 4) is 10.4 Å². The predicted octanol–water partition coefficient (Wildman–Crippen LogP) is 4.71. The Balaban J connectivity index is 1.91. The van der Waals surface area contributed by atoms with E-state index < -0.39 is 0 Å². The van der Waals surface area contributed by atoms with Crippen molar-refractivity contribution in [1.82, 2.24) is 14.9 Å². The van der Waals surface area contributed by atoms with Crippen LogP contribution in [0.4, 0.5) is 0 Å². The van der Waals surface area contributed by atoms with E-state index >= 15 is 0 Å². The Bertz CT molecular complexity index is 1050. The van der Waals surface area contributed by atoms with Gasteiger partial charge in [0.15, 0.2) is 5.16 Å². The number of allylic oxidation sites excluding steroid dienone is 1. The number of fused-ring (bicyclic) bond motifs is 1. The van der Waals surface area contributed by atoms with E-state index in [1.807, 2.05) is 36.4 Å². The monoisotopic (exact) mass is 427 g/mol. The SMILES string of the molecule is C=CCn1c(SCC(=O)NC(CC)CC)nc2cc(-c3ccccc3)sc2c1=O. The van der Waals surface area contributed by atoms with Crippen molar-refractivity contribution < 1.29 is 4.79 Å². The summed E-state index contributed by atoms with van der Waals surface area (Å²) in [6.07, 6.45) is 3.47. The van der Waals surface area contributed by atoms with E-state index in [1.54, 1.807) is 10.6 Å². The average molecular weight is 428 g/mol. The molecule has 0 radical (unpaired) electrons. The fourth-order valence-corrected chi connectivity index (χ4v) is 4.90. The number of aromatic nitrogens is 2. The summed E-state index contributed by atoms with van der Waals surface area (Å²) in [5.41, 5.74) is 1.64. The van der Waals surface area contributed by atoms with Gasteiger partial charge in [-0.1, -0.05) is 62.0 Å². The van der Waals surface area contributed by atoms with Gasteiger partial charge in [0.1, 0.15) is 4.70 Å². The van der Waals surface area contributed by atoms with Crippen LogP contribution in [0.2, 0.25) is 0 Å². The van der Waals surface area contributed by atoms with Gasteiger partial charge >= 0.3 is 0 Å². The largest absolute Gasteiger partial charge is 0.353 e. The van der Waals surface area contributed by atoms with Crippen molar-refractivity contribution in [3.63, 3.8) is 0 Å². The molecule has 2 aromatic heterocycles. The predicted molar refractivity (Wildman–Crippen MR) is 123 cm³/mol. The van der Waals surface area contributed by atoms with E-state index in [0.29, 0.717) is 21.9 Å². The molecule has 7 heteroatoms. The number of carbonyl (C=O) groups is 1. The number of hydrogen-bond donors (Lipinski definition) is 1. The fourth-order valence-electron chi connectivity index (χ4n) is 3.03. The molecular weight excluding hydrogens is 402 g/mol. The normalized spacial score (nSPS) is 11.1. The number of thiophene rings is 1. The Morgan fingerprint density at radius 1 is 1.31 bits per heavy atom.